The Kier molecular flexibility index (Phi) is 8.97. The van der Waals surface area contributed by atoms with Crippen molar-refractivity contribution in [2.45, 2.75) is 20.9 Å². The molecule has 0 unspecified atom stereocenters. The van der Waals surface area contributed by atoms with Crippen LogP contribution in [0, 0.1) is 0 Å². The normalized spacial score (nSPS) is 12.8. The number of alkyl halides is 6. The third-order valence-corrected chi connectivity index (χ3v) is 3.00. The Morgan fingerprint density at radius 3 is 1.74 bits per heavy atom. The molecule has 0 aromatic rings. The van der Waals surface area contributed by atoms with Gasteiger partial charge in [-0.3, -0.25) is 25.0 Å². The van der Waals surface area contributed by atoms with E-state index in [1.807, 2.05) is 5.32 Å². The maximum Gasteiger partial charge on any atom is 0.420 e. The van der Waals surface area contributed by atoms with Crippen LogP contribution in [0.3, 0.4) is 0 Å². The second-order valence-electron chi connectivity index (χ2n) is 3.62. The summed E-state index contributed by atoms with van der Waals surface area (Å²) < 4.78 is -0.198. The molecule has 0 aromatic carbocycles. The Morgan fingerprint density at radius 2 is 1.39 bits per heavy atom. The molecule has 3 amide bonds. The lowest BCUT2D eigenvalue weighted by molar-refractivity contribution is -0.120. The molecule has 0 saturated carbocycles. The van der Waals surface area contributed by atoms with Gasteiger partial charge in [0.15, 0.2) is 6.29 Å². The van der Waals surface area contributed by atoms with Crippen molar-refractivity contribution < 1.29 is 23.9 Å². The predicted octanol–water partition coefficient (Wildman–Crippen LogP) is 2.92. The van der Waals surface area contributed by atoms with Crippen LogP contribution in [0.2, 0.25) is 0 Å². The lowest BCUT2D eigenvalue weighted by atomic mass is 10.2. The number of rotatable bonds is 4. The van der Waals surface area contributed by atoms with Gasteiger partial charge >= 0.3 is 6.09 Å². The first kappa shape index (κ1) is 22.6. The summed E-state index contributed by atoms with van der Waals surface area (Å²) in [6.07, 6.45) is -1.10. The van der Waals surface area contributed by atoms with Crippen LogP contribution in [-0.4, -0.2) is 31.8 Å². The molecule has 130 valence electrons. The fraction of sp³-hybridized carbons (Fsp3) is 0.400. The van der Waals surface area contributed by atoms with Gasteiger partial charge in [0.2, 0.25) is 5.88 Å². The Bertz CT molecular complexity index is 537. The van der Waals surface area contributed by atoms with E-state index >= 15 is 0 Å². The molecule has 0 rings (SSSR count). The Hall–Kier alpha value is -0.440. The van der Waals surface area contributed by atoms with Crippen LogP contribution in [0.1, 0.15) is 13.3 Å². The molecule has 2 N–H and O–H groups in total. The summed E-state index contributed by atoms with van der Waals surface area (Å²) in [6.45, 7) is 1.51. The average molecular weight is 449 g/mol. The largest absolute Gasteiger partial charge is 0.420 e. The van der Waals surface area contributed by atoms with E-state index in [1.165, 1.54) is 6.92 Å². The smallest absolute Gasteiger partial charge is 0.393 e. The number of amides is 3. The van der Waals surface area contributed by atoms with Gasteiger partial charge in [-0.05, 0) is 6.42 Å². The van der Waals surface area contributed by atoms with Gasteiger partial charge in [0.05, 0.1) is 5.57 Å². The van der Waals surface area contributed by atoms with Crippen molar-refractivity contribution in [1.82, 2.24) is 10.6 Å². The van der Waals surface area contributed by atoms with Gasteiger partial charge in [-0.15, -0.1) is 0 Å². The van der Waals surface area contributed by atoms with Crippen LogP contribution < -0.4 is 10.6 Å². The molecule has 0 aliphatic carbocycles. The SMILES string of the molecule is CC/C(C=O)=C(/NC(=O)C(Cl)(Cl)Cl)OC(=O)NC(=O)C(Cl)(Cl)Cl. The van der Waals surface area contributed by atoms with Crippen LogP contribution in [0.5, 0.6) is 0 Å². The van der Waals surface area contributed by atoms with Gasteiger partial charge in [-0.2, -0.15) is 0 Å². The lowest BCUT2D eigenvalue weighted by Gasteiger charge is -2.16. The van der Waals surface area contributed by atoms with E-state index in [-0.39, 0.29) is 18.3 Å². The molecule has 23 heavy (non-hydrogen) atoms. The topological polar surface area (TPSA) is 102 Å². The summed E-state index contributed by atoms with van der Waals surface area (Å²) in [4.78, 5) is 45.3. The molecule has 0 atom stereocenters. The molecule has 0 saturated heterocycles. The highest BCUT2D eigenvalue weighted by molar-refractivity contribution is 6.76. The number of hydrogen-bond donors (Lipinski definition) is 2. The summed E-state index contributed by atoms with van der Waals surface area (Å²) in [6, 6.07) is 0. The fourth-order valence-electron chi connectivity index (χ4n) is 0.925. The summed E-state index contributed by atoms with van der Waals surface area (Å²) in [5.41, 5.74) is -0.163. The number of ether oxygens (including phenoxy) is 1. The van der Waals surface area contributed by atoms with Gasteiger partial charge in [0.25, 0.3) is 19.4 Å². The van der Waals surface area contributed by atoms with Gasteiger partial charge in [-0.25, -0.2) is 4.79 Å². The molecule has 7 nitrogen and oxygen atoms in total. The molecule has 13 heteroatoms. The first-order valence-corrected chi connectivity index (χ1v) is 7.76. The molecule has 0 radical (unpaired) electrons. The van der Waals surface area contributed by atoms with E-state index in [1.54, 1.807) is 5.32 Å². The number of carbonyl (C=O) groups excluding carboxylic acids is 4. The Labute approximate surface area is 160 Å². The van der Waals surface area contributed by atoms with E-state index in [9.17, 15) is 19.2 Å². The number of imide groups is 1. The highest BCUT2D eigenvalue weighted by Crippen LogP contribution is 2.27. The highest BCUT2D eigenvalue weighted by Gasteiger charge is 2.34. The van der Waals surface area contributed by atoms with Gasteiger partial charge in [0, 0.05) is 0 Å². The molecule has 0 aliphatic heterocycles. The Balaban J connectivity index is 5.25. The number of allylic oxidation sites excluding steroid dienone is 1. The van der Waals surface area contributed by atoms with E-state index in [4.69, 9.17) is 69.6 Å². The van der Waals surface area contributed by atoms with Crippen molar-refractivity contribution in [1.29, 1.82) is 0 Å². The number of halogens is 6. The number of aldehydes is 1. The maximum absolute atomic E-state index is 11.6. The third kappa shape index (κ3) is 8.28. The zero-order chi connectivity index (χ0) is 18.4. The average Bonchev–Trinajstić information content (AvgIpc) is 2.37. The minimum Gasteiger partial charge on any atom is -0.393 e. The molecule has 0 bridgehead atoms. The van der Waals surface area contributed by atoms with Crippen LogP contribution in [0.15, 0.2) is 11.5 Å². The first-order valence-electron chi connectivity index (χ1n) is 5.49. The maximum atomic E-state index is 11.6. The van der Waals surface area contributed by atoms with Crippen LogP contribution in [0.4, 0.5) is 4.79 Å². The van der Waals surface area contributed by atoms with Crippen molar-refractivity contribution in [2.24, 2.45) is 0 Å². The van der Waals surface area contributed by atoms with Crippen LogP contribution in [-0.2, 0) is 19.1 Å². The third-order valence-electron chi connectivity index (χ3n) is 1.97. The summed E-state index contributed by atoms with van der Waals surface area (Å²) in [7, 11) is 0. The predicted molar refractivity (Wildman–Crippen MR) is 86.7 cm³/mol. The summed E-state index contributed by atoms with van der Waals surface area (Å²) in [5.74, 6) is -3.16. The lowest BCUT2D eigenvalue weighted by Crippen LogP contribution is -2.42. The quantitative estimate of drug-likeness (QED) is 0.298. The zero-order valence-corrected chi connectivity index (χ0v) is 15.6. The van der Waals surface area contributed by atoms with E-state index in [2.05, 4.69) is 4.74 Å². The second kappa shape index (κ2) is 9.15. The minimum atomic E-state index is -2.43. The molecule has 0 heterocycles. The van der Waals surface area contributed by atoms with Crippen LogP contribution >= 0.6 is 69.6 Å². The zero-order valence-electron chi connectivity index (χ0n) is 11.1. The van der Waals surface area contributed by atoms with Crippen molar-refractivity contribution >= 4 is 93.8 Å². The molecular weight excluding hydrogens is 441 g/mol. The van der Waals surface area contributed by atoms with E-state index in [0.29, 0.717) is 0 Å². The molecule has 0 aliphatic rings. The highest BCUT2D eigenvalue weighted by atomic mass is 35.6. The van der Waals surface area contributed by atoms with Crippen molar-refractivity contribution in [3.8, 4) is 0 Å². The summed E-state index contributed by atoms with van der Waals surface area (Å²) in [5, 5.41) is 3.49. The van der Waals surface area contributed by atoms with Crippen molar-refractivity contribution in [3.63, 3.8) is 0 Å². The van der Waals surface area contributed by atoms with Gasteiger partial charge in [-0.1, -0.05) is 76.5 Å². The van der Waals surface area contributed by atoms with Crippen molar-refractivity contribution in [2.75, 3.05) is 0 Å². The van der Waals surface area contributed by atoms with E-state index in [0.717, 1.165) is 0 Å². The number of hydrogen-bond acceptors (Lipinski definition) is 5. The monoisotopic (exact) mass is 446 g/mol. The Morgan fingerprint density at radius 1 is 0.957 bits per heavy atom. The summed E-state index contributed by atoms with van der Waals surface area (Å²) >= 11 is 31.8. The standard InChI is InChI=1S/C10H8Cl6N2O5/c1-2-4(3-19)5(17-6(20)9(11,12)13)23-8(22)18-7(21)10(14,15)16/h3H,2H2,1H3,(H,17,20)(H,18,21,22)/b5-4+. The van der Waals surface area contributed by atoms with Gasteiger partial charge < -0.3 is 4.74 Å². The number of alkyl carbamates (subject to hydrolysis) is 1. The first-order chi connectivity index (χ1) is 10.3. The molecule has 0 fully saturated rings. The second-order valence-corrected chi connectivity index (χ2v) is 8.18. The van der Waals surface area contributed by atoms with Gasteiger partial charge in [0.1, 0.15) is 0 Å². The fourth-order valence-corrected chi connectivity index (χ4v) is 1.21. The minimum absolute atomic E-state index is 0.0463. The van der Waals surface area contributed by atoms with Crippen LogP contribution in [0.25, 0.3) is 0 Å². The number of nitrogens with one attached hydrogen (secondary N) is 2. The molecule has 0 spiro atoms. The van der Waals surface area contributed by atoms with Crippen molar-refractivity contribution in [3.05, 3.63) is 11.5 Å². The van der Waals surface area contributed by atoms with E-state index < -0.39 is 31.4 Å². The molecule has 0 aromatic heterocycles. The number of carbonyl (C=O) groups is 4. The molecular formula is C10H8Cl6N2O5.